The van der Waals surface area contributed by atoms with Crippen molar-refractivity contribution >= 4 is 61.3 Å². The Bertz CT molecular complexity index is 3280. The summed E-state index contributed by atoms with van der Waals surface area (Å²) in [5.41, 5.74) is 9.59. The number of carboxylic acids is 1. The second-order valence-corrected chi connectivity index (χ2v) is 18.1. The number of hydrogen-bond acceptors (Lipinski definition) is 11. The number of hydrogen-bond donors (Lipinski definition) is 1. The van der Waals surface area contributed by atoms with Crippen LogP contribution in [-0.4, -0.2) is 39.1 Å². The third kappa shape index (κ3) is 5.94. The number of nitrogens with zero attached hydrogens (tertiary/aromatic N) is 5. The van der Waals surface area contributed by atoms with E-state index in [-0.39, 0.29) is 22.2 Å². The predicted molar refractivity (Wildman–Crippen MR) is 233 cm³/mol. The van der Waals surface area contributed by atoms with Gasteiger partial charge in [0.15, 0.2) is 0 Å². The topological polar surface area (TPSA) is 159 Å². The fourth-order valence-electron chi connectivity index (χ4n) is 8.69. The number of benzene rings is 3. The zero-order chi connectivity index (χ0) is 41.8. The molecule has 0 saturated carbocycles. The first kappa shape index (κ1) is 37.4. The molecule has 7 heterocycles. The van der Waals surface area contributed by atoms with Gasteiger partial charge in [-0.05, 0) is 110 Å². The smallest absolute Gasteiger partial charge is 0.346 e. The molecule has 0 radical (unpaired) electrons. The van der Waals surface area contributed by atoms with E-state index in [1.807, 2.05) is 62.4 Å². The van der Waals surface area contributed by atoms with Crippen molar-refractivity contribution in [3.8, 4) is 50.6 Å². The Hall–Kier alpha value is -6.84. The van der Waals surface area contributed by atoms with Crippen molar-refractivity contribution in [3.05, 3.63) is 111 Å². The summed E-state index contributed by atoms with van der Waals surface area (Å²) < 4.78 is 19.7. The Kier molecular flexibility index (Phi) is 8.32. The number of aliphatic carboxylic acids is 1. The van der Waals surface area contributed by atoms with Crippen LogP contribution in [0.15, 0.2) is 90.3 Å². The maximum absolute atomic E-state index is 13.8. The van der Waals surface area contributed by atoms with Crippen LogP contribution in [0.3, 0.4) is 0 Å². The number of anilines is 1. The van der Waals surface area contributed by atoms with Gasteiger partial charge < -0.3 is 23.3 Å². The predicted octanol–water partition coefficient (Wildman–Crippen LogP) is 11.0. The van der Waals surface area contributed by atoms with Gasteiger partial charge in [-0.25, -0.2) is 24.5 Å². The Morgan fingerprint density at radius 2 is 1.48 bits per heavy atom. The molecule has 0 aliphatic carbocycles. The maximum Gasteiger partial charge on any atom is 0.346 e. The standard InChI is InChI=1S/C48H39N5O6S/c1-24-25(2)51-41-31(10-9-30(40(41)50-24)36-12-8-29(57-36)19-28(23-49)45(54)55)37-14-13-35(58-37)26-7-11-34-38(22-26)60-44(52-34)32-20-27-21-33-42-39(43(27)59-46(32)56)48(5,6)16-18-53(42)17-15-47(33,3)4/h7-14,19-22H,15-18H2,1-6H3,(H,54,55)/b28-19-. The molecule has 11 nitrogen and oxygen atoms in total. The highest BCUT2D eigenvalue weighted by atomic mass is 32.1. The Labute approximate surface area is 348 Å². The zero-order valence-corrected chi connectivity index (χ0v) is 34.7. The fraction of sp³-hybridized carbons (Fsp3) is 0.250. The highest BCUT2D eigenvalue weighted by molar-refractivity contribution is 7.21. The third-order valence-electron chi connectivity index (χ3n) is 12.3. The largest absolute Gasteiger partial charge is 0.477 e. The number of carboxylic acid groups (broad SMARTS) is 1. The van der Waals surface area contributed by atoms with Crippen LogP contribution in [0.4, 0.5) is 5.69 Å². The first-order valence-electron chi connectivity index (χ1n) is 19.8. The van der Waals surface area contributed by atoms with Crippen molar-refractivity contribution in [1.82, 2.24) is 15.0 Å². The second kappa shape index (κ2) is 13.3. The van der Waals surface area contributed by atoms with Crippen LogP contribution in [0.1, 0.15) is 68.8 Å². The minimum atomic E-state index is -1.33. The number of thiazole rings is 1. The summed E-state index contributed by atoms with van der Waals surface area (Å²) in [6.07, 6.45) is 3.25. The SMILES string of the molecule is Cc1nc2c(-c3ccc(/C=C(/C#N)C(=O)O)o3)ccc(-c3ccc(-c4ccc5nc(-c6cc7cc8c9c(c7oc6=O)C(C)(C)CCN9CCC8(C)C)sc5c4)o3)c2nc1C. The summed E-state index contributed by atoms with van der Waals surface area (Å²) >= 11 is 1.45. The fourth-order valence-corrected chi connectivity index (χ4v) is 9.70. The van der Waals surface area contributed by atoms with Crippen LogP contribution in [0.2, 0.25) is 0 Å². The van der Waals surface area contributed by atoms with Crippen LogP contribution in [0, 0.1) is 25.2 Å². The van der Waals surface area contributed by atoms with Crippen LogP contribution in [0.25, 0.3) is 82.8 Å². The highest BCUT2D eigenvalue weighted by Gasteiger charge is 2.42. The summed E-state index contributed by atoms with van der Waals surface area (Å²) in [4.78, 5) is 42.4. The minimum Gasteiger partial charge on any atom is -0.477 e. The van der Waals surface area contributed by atoms with Gasteiger partial charge in [0.05, 0.1) is 27.2 Å². The third-order valence-corrected chi connectivity index (χ3v) is 13.3. The molecule has 2 aliphatic rings. The molecule has 12 heteroatoms. The van der Waals surface area contributed by atoms with Crippen molar-refractivity contribution in [2.45, 2.75) is 65.2 Å². The van der Waals surface area contributed by atoms with Gasteiger partial charge >= 0.3 is 11.6 Å². The average molecular weight is 814 g/mol. The van der Waals surface area contributed by atoms with Crippen LogP contribution < -0.4 is 10.5 Å². The summed E-state index contributed by atoms with van der Waals surface area (Å²) in [5.74, 6) is 0.584. The van der Waals surface area contributed by atoms with E-state index in [9.17, 15) is 20.0 Å². The lowest BCUT2D eigenvalue weighted by molar-refractivity contribution is -0.132. The molecule has 8 aromatic rings. The Balaban J connectivity index is 1.01. The highest BCUT2D eigenvalue weighted by Crippen LogP contribution is 2.52. The number of furan rings is 2. The molecule has 298 valence electrons. The normalized spacial score (nSPS) is 15.8. The van der Waals surface area contributed by atoms with Crippen molar-refractivity contribution < 1.29 is 23.2 Å². The zero-order valence-electron chi connectivity index (χ0n) is 33.9. The number of rotatable bonds is 6. The molecule has 2 aliphatic heterocycles. The van der Waals surface area contributed by atoms with E-state index < -0.39 is 11.5 Å². The maximum atomic E-state index is 13.8. The van der Waals surface area contributed by atoms with E-state index in [0.29, 0.717) is 50.0 Å². The Morgan fingerprint density at radius 1 is 0.817 bits per heavy atom. The van der Waals surface area contributed by atoms with Crippen molar-refractivity contribution in [2.75, 3.05) is 18.0 Å². The van der Waals surface area contributed by atoms with Crippen molar-refractivity contribution in [2.24, 2.45) is 0 Å². The summed E-state index contributed by atoms with van der Waals surface area (Å²) in [6.45, 7) is 14.9. The summed E-state index contributed by atoms with van der Waals surface area (Å²) in [6, 6.07) is 22.7. The first-order valence-corrected chi connectivity index (χ1v) is 20.7. The van der Waals surface area contributed by atoms with Gasteiger partial charge in [-0.1, -0.05) is 27.7 Å². The van der Waals surface area contributed by atoms with E-state index in [1.54, 1.807) is 18.2 Å². The molecular formula is C48H39N5O6S. The number of nitriles is 1. The van der Waals surface area contributed by atoms with E-state index >= 15 is 0 Å². The molecule has 60 heavy (non-hydrogen) atoms. The molecule has 0 saturated heterocycles. The first-order chi connectivity index (χ1) is 28.7. The van der Waals surface area contributed by atoms with Gasteiger partial charge in [0.2, 0.25) is 0 Å². The lowest BCUT2D eigenvalue weighted by Gasteiger charge is -2.48. The number of carbonyl (C=O) groups is 1. The van der Waals surface area contributed by atoms with Gasteiger partial charge in [0, 0.05) is 52.5 Å². The van der Waals surface area contributed by atoms with E-state index in [4.69, 9.17) is 28.2 Å². The quantitative estimate of drug-likeness (QED) is 0.0966. The monoisotopic (exact) mass is 813 g/mol. The van der Waals surface area contributed by atoms with E-state index in [0.717, 1.165) is 69.6 Å². The molecule has 5 aromatic heterocycles. The summed E-state index contributed by atoms with van der Waals surface area (Å²) in [5, 5.41) is 20.0. The molecule has 0 atom stereocenters. The van der Waals surface area contributed by atoms with Gasteiger partial charge in [0.1, 0.15) is 56.3 Å². The molecule has 0 bridgehead atoms. The van der Waals surface area contributed by atoms with Gasteiger partial charge in [-0.2, -0.15) is 5.26 Å². The van der Waals surface area contributed by atoms with Crippen LogP contribution in [0.5, 0.6) is 0 Å². The van der Waals surface area contributed by atoms with Crippen LogP contribution >= 0.6 is 11.3 Å². The van der Waals surface area contributed by atoms with Gasteiger partial charge in [-0.3, -0.25) is 0 Å². The number of aromatic nitrogens is 3. The molecule has 0 amide bonds. The van der Waals surface area contributed by atoms with E-state index in [2.05, 4.69) is 38.7 Å². The molecule has 0 fully saturated rings. The minimum absolute atomic E-state index is 0.00273. The summed E-state index contributed by atoms with van der Waals surface area (Å²) in [7, 11) is 0. The van der Waals surface area contributed by atoms with Gasteiger partial charge in [-0.15, -0.1) is 11.3 Å². The molecule has 0 unspecified atom stereocenters. The molecule has 1 N–H and O–H groups in total. The van der Waals surface area contributed by atoms with Crippen molar-refractivity contribution in [1.29, 1.82) is 5.26 Å². The molecule has 3 aromatic carbocycles. The lowest BCUT2D eigenvalue weighted by Crippen LogP contribution is -2.44. The Morgan fingerprint density at radius 3 is 2.18 bits per heavy atom. The molecule has 10 rings (SSSR count). The van der Waals surface area contributed by atoms with E-state index in [1.165, 1.54) is 28.7 Å². The molecular weight excluding hydrogens is 775 g/mol. The lowest BCUT2D eigenvalue weighted by atomic mass is 9.69. The number of fused-ring (bicyclic) bond motifs is 4. The van der Waals surface area contributed by atoms with Gasteiger partial charge in [0.25, 0.3) is 0 Å². The van der Waals surface area contributed by atoms with Crippen molar-refractivity contribution in [3.63, 3.8) is 0 Å². The second-order valence-electron chi connectivity index (χ2n) is 17.1. The average Bonchev–Trinajstić information content (AvgIpc) is 3.99. The van der Waals surface area contributed by atoms with Crippen LogP contribution in [-0.2, 0) is 15.6 Å². The number of aryl methyl sites for hydroxylation is 2. The molecule has 0 spiro atoms.